The molecule has 96 valence electrons. The van der Waals surface area contributed by atoms with E-state index in [4.69, 9.17) is 10.5 Å². The Morgan fingerprint density at radius 3 is 2.72 bits per heavy atom. The van der Waals surface area contributed by atoms with Gasteiger partial charge in [0, 0.05) is 11.8 Å². The van der Waals surface area contributed by atoms with E-state index in [1.165, 1.54) is 13.2 Å². The van der Waals surface area contributed by atoms with Crippen molar-refractivity contribution in [3.8, 4) is 5.88 Å². The lowest BCUT2D eigenvalue weighted by Crippen LogP contribution is -2.20. The summed E-state index contributed by atoms with van der Waals surface area (Å²) in [6.45, 7) is -0.0943. The van der Waals surface area contributed by atoms with Gasteiger partial charge in [0.15, 0.2) is 0 Å². The molecule has 2 rings (SSSR count). The molecule has 18 heavy (non-hydrogen) atoms. The van der Waals surface area contributed by atoms with Gasteiger partial charge in [-0.3, -0.25) is 0 Å². The molecule has 0 fully saturated rings. The lowest BCUT2D eigenvalue weighted by atomic mass is 10.0. The van der Waals surface area contributed by atoms with E-state index >= 15 is 0 Å². The number of halogens is 2. The van der Waals surface area contributed by atoms with E-state index in [2.05, 4.69) is 4.98 Å². The third kappa shape index (κ3) is 2.26. The summed E-state index contributed by atoms with van der Waals surface area (Å²) in [7, 11) is 1.33. The molecule has 5 heteroatoms. The van der Waals surface area contributed by atoms with Gasteiger partial charge in [-0.25, -0.2) is 13.8 Å². The van der Waals surface area contributed by atoms with E-state index in [9.17, 15) is 8.78 Å². The first-order valence-corrected chi connectivity index (χ1v) is 5.60. The molecule has 1 heterocycles. The number of ether oxygens (including phenoxy) is 1. The number of pyridine rings is 1. The highest BCUT2D eigenvalue weighted by atomic mass is 19.3. The second kappa shape index (κ2) is 4.86. The predicted molar refractivity (Wildman–Crippen MR) is 65.9 cm³/mol. The minimum Gasteiger partial charge on any atom is -0.481 e. The molecule has 0 aliphatic heterocycles. The number of para-hydroxylation sites is 1. The van der Waals surface area contributed by atoms with Crippen LogP contribution in [0.25, 0.3) is 10.9 Å². The molecule has 0 aliphatic rings. The number of hydrogen-bond acceptors (Lipinski definition) is 3. The monoisotopic (exact) mass is 252 g/mol. The maximum Gasteiger partial charge on any atom is 0.279 e. The molecule has 0 atom stereocenters. The van der Waals surface area contributed by atoms with Crippen LogP contribution in [-0.2, 0) is 5.92 Å². The molecule has 2 aromatic rings. The van der Waals surface area contributed by atoms with Crippen molar-refractivity contribution in [3.05, 3.63) is 35.9 Å². The van der Waals surface area contributed by atoms with Gasteiger partial charge in [-0.2, -0.15) is 0 Å². The van der Waals surface area contributed by atoms with Gasteiger partial charge in [-0.05, 0) is 18.7 Å². The summed E-state index contributed by atoms with van der Waals surface area (Å²) in [5, 5.41) is 0.657. The highest BCUT2D eigenvalue weighted by molar-refractivity contribution is 5.80. The van der Waals surface area contributed by atoms with Gasteiger partial charge in [0.1, 0.15) is 0 Å². The summed E-state index contributed by atoms with van der Waals surface area (Å²) in [5.41, 5.74) is 5.63. The standard InChI is InChI=1S/C13H14F2N2O/c1-18-12-10(13(14,15)6-7-16)8-9-4-2-3-5-11(9)17-12/h2-5,8H,6-7,16H2,1H3. The van der Waals surface area contributed by atoms with E-state index < -0.39 is 12.3 Å². The molecule has 0 amide bonds. The minimum atomic E-state index is -3.03. The smallest absolute Gasteiger partial charge is 0.279 e. The zero-order valence-corrected chi connectivity index (χ0v) is 9.99. The number of fused-ring (bicyclic) bond motifs is 1. The zero-order chi connectivity index (χ0) is 13.2. The summed E-state index contributed by atoms with van der Waals surface area (Å²) in [6.07, 6.45) is -0.427. The first kappa shape index (κ1) is 12.7. The second-order valence-electron chi connectivity index (χ2n) is 3.98. The van der Waals surface area contributed by atoms with Crippen molar-refractivity contribution >= 4 is 10.9 Å². The topological polar surface area (TPSA) is 48.1 Å². The maximum absolute atomic E-state index is 13.9. The fourth-order valence-electron chi connectivity index (χ4n) is 1.83. The number of hydrogen-bond donors (Lipinski definition) is 1. The van der Waals surface area contributed by atoms with E-state index in [0.29, 0.717) is 10.9 Å². The van der Waals surface area contributed by atoms with Crippen molar-refractivity contribution < 1.29 is 13.5 Å². The van der Waals surface area contributed by atoms with Gasteiger partial charge in [-0.15, -0.1) is 0 Å². The van der Waals surface area contributed by atoms with E-state index in [-0.39, 0.29) is 18.0 Å². The Kier molecular flexibility index (Phi) is 3.43. The molecule has 2 N–H and O–H groups in total. The minimum absolute atomic E-state index is 0.0489. The highest BCUT2D eigenvalue weighted by Gasteiger charge is 2.34. The lowest BCUT2D eigenvalue weighted by molar-refractivity contribution is -0.0131. The average Bonchev–Trinajstić information content (AvgIpc) is 2.37. The molecule has 3 nitrogen and oxygen atoms in total. The van der Waals surface area contributed by atoms with Crippen molar-refractivity contribution in [2.24, 2.45) is 5.73 Å². The zero-order valence-electron chi connectivity index (χ0n) is 9.99. The Hall–Kier alpha value is -1.75. The van der Waals surface area contributed by atoms with Gasteiger partial charge in [-0.1, -0.05) is 18.2 Å². The fraction of sp³-hybridized carbons (Fsp3) is 0.308. The van der Waals surface area contributed by atoms with Gasteiger partial charge < -0.3 is 10.5 Å². The summed E-state index contributed by atoms with van der Waals surface area (Å²) < 4.78 is 32.8. The van der Waals surface area contributed by atoms with E-state index in [1.807, 2.05) is 0 Å². The SMILES string of the molecule is COc1nc2ccccc2cc1C(F)(F)CCN. The van der Waals surface area contributed by atoms with Crippen LogP contribution in [0.5, 0.6) is 5.88 Å². The predicted octanol–water partition coefficient (Wildman–Crippen LogP) is 2.68. The van der Waals surface area contributed by atoms with Crippen LogP contribution < -0.4 is 10.5 Å². The first-order chi connectivity index (χ1) is 8.58. The lowest BCUT2D eigenvalue weighted by Gasteiger charge is -2.18. The summed E-state index contributed by atoms with van der Waals surface area (Å²) in [6, 6.07) is 8.48. The van der Waals surface area contributed by atoms with Crippen LogP contribution in [0.15, 0.2) is 30.3 Å². The molecule has 0 unspecified atom stereocenters. The fourth-order valence-corrected chi connectivity index (χ4v) is 1.83. The van der Waals surface area contributed by atoms with Gasteiger partial charge in [0.05, 0.1) is 18.2 Å². The second-order valence-corrected chi connectivity index (χ2v) is 3.98. The number of methoxy groups -OCH3 is 1. The third-order valence-corrected chi connectivity index (χ3v) is 2.73. The van der Waals surface area contributed by atoms with Crippen LogP contribution in [0.1, 0.15) is 12.0 Å². The van der Waals surface area contributed by atoms with Crippen LogP contribution >= 0.6 is 0 Å². The van der Waals surface area contributed by atoms with Gasteiger partial charge in [0.25, 0.3) is 5.92 Å². The maximum atomic E-state index is 13.9. The van der Waals surface area contributed by atoms with Crippen LogP contribution in [0.4, 0.5) is 8.78 Å². The number of nitrogens with zero attached hydrogens (tertiary/aromatic N) is 1. The number of nitrogens with two attached hydrogens (primary N) is 1. The van der Waals surface area contributed by atoms with E-state index in [1.54, 1.807) is 24.3 Å². The van der Waals surface area contributed by atoms with Crippen molar-refractivity contribution in [1.82, 2.24) is 4.98 Å². The highest BCUT2D eigenvalue weighted by Crippen LogP contribution is 2.37. The largest absolute Gasteiger partial charge is 0.481 e. The number of aromatic nitrogens is 1. The molecule has 1 aromatic heterocycles. The normalized spacial score (nSPS) is 11.8. The summed E-state index contributed by atoms with van der Waals surface area (Å²) >= 11 is 0. The van der Waals surface area contributed by atoms with Crippen LogP contribution in [-0.4, -0.2) is 18.6 Å². The Morgan fingerprint density at radius 1 is 1.33 bits per heavy atom. The summed E-state index contributed by atoms with van der Waals surface area (Å²) in [4.78, 5) is 4.10. The number of alkyl halides is 2. The van der Waals surface area contributed by atoms with Gasteiger partial charge >= 0.3 is 0 Å². The van der Waals surface area contributed by atoms with Crippen LogP contribution in [0, 0.1) is 0 Å². The Labute approximate surface area is 104 Å². The Bertz CT molecular complexity index is 558. The molecule has 0 radical (unpaired) electrons. The molecule has 1 aromatic carbocycles. The summed E-state index contributed by atoms with van der Waals surface area (Å²) in [5.74, 6) is -3.08. The van der Waals surface area contributed by atoms with Crippen LogP contribution in [0.2, 0.25) is 0 Å². The number of benzene rings is 1. The molecule has 0 aliphatic carbocycles. The third-order valence-electron chi connectivity index (χ3n) is 2.73. The van der Waals surface area contributed by atoms with Crippen LogP contribution in [0.3, 0.4) is 0 Å². The molecule has 0 saturated heterocycles. The Morgan fingerprint density at radius 2 is 2.06 bits per heavy atom. The number of rotatable bonds is 4. The molecular weight excluding hydrogens is 238 g/mol. The Balaban J connectivity index is 2.61. The molecule has 0 spiro atoms. The van der Waals surface area contributed by atoms with Crippen molar-refractivity contribution in [2.75, 3.05) is 13.7 Å². The molecule has 0 bridgehead atoms. The van der Waals surface area contributed by atoms with Crippen molar-refractivity contribution in [3.63, 3.8) is 0 Å². The van der Waals surface area contributed by atoms with Crippen molar-refractivity contribution in [1.29, 1.82) is 0 Å². The first-order valence-electron chi connectivity index (χ1n) is 5.60. The quantitative estimate of drug-likeness (QED) is 0.910. The van der Waals surface area contributed by atoms with E-state index in [0.717, 1.165) is 0 Å². The van der Waals surface area contributed by atoms with Crippen molar-refractivity contribution in [2.45, 2.75) is 12.3 Å². The molecular formula is C13H14F2N2O. The molecule has 0 saturated carbocycles. The average molecular weight is 252 g/mol. The van der Waals surface area contributed by atoms with Gasteiger partial charge in [0.2, 0.25) is 5.88 Å².